The van der Waals surface area contributed by atoms with Gasteiger partial charge in [-0.05, 0) is 43.7 Å². The van der Waals surface area contributed by atoms with Crippen LogP contribution in [0.3, 0.4) is 0 Å². The smallest absolute Gasteiger partial charge is 0.277 e. The Morgan fingerprint density at radius 1 is 1.13 bits per heavy atom. The fourth-order valence-electron chi connectivity index (χ4n) is 1.82. The van der Waals surface area contributed by atoms with Crippen molar-refractivity contribution in [2.24, 2.45) is 5.10 Å². The van der Waals surface area contributed by atoms with E-state index in [2.05, 4.69) is 10.5 Å². The summed E-state index contributed by atoms with van der Waals surface area (Å²) in [5, 5.41) is 3.91. The van der Waals surface area contributed by atoms with Crippen molar-refractivity contribution in [3.05, 3.63) is 60.2 Å². The van der Waals surface area contributed by atoms with Crippen molar-refractivity contribution < 1.29 is 14.3 Å². The molecule has 120 valence electrons. The minimum absolute atomic E-state index is 0.0855. The lowest BCUT2D eigenvalue weighted by Crippen LogP contribution is -2.24. The van der Waals surface area contributed by atoms with E-state index in [1.54, 1.807) is 18.3 Å². The third-order valence-corrected chi connectivity index (χ3v) is 2.75. The predicted octanol–water partition coefficient (Wildman–Crippen LogP) is 3.00. The molecule has 0 saturated heterocycles. The predicted molar refractivity (Wildman–Crippen MR) is 89.9 cm³/mol. The Bertz CT molecular complexity index is 654. The van der Waals surface area contributed by atoms with Crippen molar-refractivity contribution in [1.82, 2.24) is 5.43 Å². The van der Waals surface area contributed by atoms with Crippen LogP contribution in [0.5, 0.6) is 11.5 Å². The molecule has 5 heteroatoms. The van der Waals surface area contributed by atoms with Crippen LogP contribution in [0.2, 0.25) is 0 Å². The fourth-order valence-corrected chi connectivity index (χ4v) is 1.82. The molecule has 1 amide bonds. The van der Waals surface area contributed by atoms with E-state index in [0.717, 1.165) is 11.3 Å². The van der Waals surface area contributed by atoms with Gasteiger partial charge in [0, 0.05) is 0 Å². The largest absolute Gasteiger partial charge is 0.491 e. The number of nitrogens with one attached hydrogen (secondary N) is 1. The highest BCUT2D eigenvalue weighted by atomic mass is 16.5. The summed E-state index contributed by atoms with van der Waals surface area (Å²) in [4.78, 5) is 11.6. The number of hydrogen-bond acceptors (Lipinski definition) is 4. The molecule has 23 heavy (non-hydrogen) atoms. The number of benzene rings is 2. The van der Waals surface area contributed by atoms with E-state index >= 15 is 0 Å². The third kappa shape index (κ3) is 6.22. The number of hydrogen-bond donors (Lipinski definition) is 1. The Balaban J connectivity index is 1.80. The molecule has 0 atom stereocenters. The molecule has 0 radical (unpaired) electrons. The van der Waals surface area contributed by atoms with Gasteiger partial charge in [0.2, 0.25) is 0 Å². The molecule has 0 aliphatic heterocycles. The zero-order valence-electron chi connectivity index (χ0n) is 13.2. The summed E-state index contributed by atoms with van der Waals surface area (Å²) >= 11 is 0. The number of carbonyl (C=O) groups excluding carboxylic acids is 1. The monoisotopic (exact) mass is 312 g/mol. The van der Waals surface area contributed by atoms with Gasteiger partial charge in [-0.3, -0.25) is 4.79 Å². The number of para-hydroxylation sites is 1. The summed E-state index contributed by atoms with van der Waals surface area (Å²) in [6.45, 7) is 3.85. The summed E-state index contributed by atoms with van der Waals surface area (Å²) in [5.41, 5.74) is 3.27. The molecule has 2 aromatic carbocycles. The van der Waals surface area contributed by atoms with Gasteiger partial charge in [-0.25, -0.2) is 5.43 Å². The fraction of sp³-hybridized carbons (Fsp3) is 0.222. The number of nitrogens with zero attached hydrogens (tertiary/aromatic N) is 1. The van der Waals surface area contributed by atoms with Gasteiger partial charge in [0.15, 0.2) is 6.61 Å². The summed E-state index contributed by atoms with van der Waals surface area (Å²) in [7, 11) is 0. The zero-order valence-corrected chi connectivity index (χ0v) is 13.2. The Labute approximate surface area is 135 Å². The molecule has 5 nitrogen and oxygen atoms in total. The molecular formula is C18H20N2O3. The van der Waals surface area contributed by atoms with Crippen LogP contribution < -0.4 is 14.9 Å². The summed E-state index contributed by atoms with van der Waals surface area (Å²) < 4.78 is 10.9. The lowest BCUT2D eigenvalue weighted by molar-refractivity contribution is -0.123. The van der Waals surface area contributed by atoms with E-state index in [0.29, 0.717) is 5.75 Å². The molecule has 0 aliphatic carbocycles. The first-order valence-electron chi connectivity index (χ1n) is 7.40. The average molecular weight is 312 g/mol. The average Bonchev–Trinajstić information content (AvgIpc) is 2.54. The molecular weight excluding hydrogens is 292 g/mol. The van der Waals surface area contributed by atoms with E-state index in [1.807, 2.05) is 56.3 Å². The van der Waals surface area contributed by atoms with Crippen molar-refractivity contribution >= 4 is 12.1 Å². The standard InChI is InChI=1S/C18H20N2O3/c1-14(2)23-17-10-6-7-15(11-17)12-19-20-18(21)13-22-16-8-4-3-5-9-16/h3-12,14H,13H2,1-2H3,(H,20,21). The van der Waals surface area contributed by atoms with Crippen molar-refractivity contribution in [2.45, 2.75) is 20.0 Å². The Hall–Kier alpha value is -2.82. The zero-order chi connectivity index (χ0) is 16.5. The number of amides is 1. The van der Waals surface area contributed by atoms with Crippen molar-refractivity contribution in [2.75, 3.05) is 6.61 Å². The van der Waals surface area contributed by atoms with Crippen molar-refractivity contribution in [3.63, 3.8) is 0 Å². The number of carbonyl (C=O) groups is 1. The highest BCUT2D eigenvalue weighted by Crippen LogP contribution is 2.13. The lowest BCUT2D eigenvalue weighted by atomic mass is 10.2. The molecule has 0 heterocycles. The number of ether oxygens (including phenoxy) is 2. The van der Waals surface area contributed by atoms with E-state index in [9.17, 15) is 4.79 Å². The first kappa shape index (κ1) is 16.5. The molecule has 0 aromatic heterocycles. The van der Waals surface area contributed by atoms with Crippen molar-refractivity contribution in [1.29, 1.82) is 0 Å². The van der Waals surface area contributed by atoms with Gasteiger partial charge in [-0.2, -0.15) is 5.10 Å². The van der Waals surface area contributed by atoms with Crippen molar-refractivity contribution in [3.8, 4) is 11.5 Å². The highest BCUT2D eigenvalue weighted by Gasteiger charge is 2.01. The summed E-state index contributed by atoms with van der Waals surface area (Å²) in [5.74, 6) is 1.09. The highest BCUT2D eigenvalue weighted by molar-refractivity contribution is 5.83. The minimum Gasteiger partial charge on any atom is -0.491 e. The van der Waals surface area contributed by atoms with Gasteiger partial charge in [0.1, 0.15) is 11.5 Å². The van der Waals surface area contributed by atoms with Crippen LogP contribution in [0.4, 0.5) is 0 Å². The van der Waals surface area contributed by atoms with Gasteiger partial charge in [0.05, 0.1) is 12.3 Å². The topological polar surface area (TPSA) is 59.9 Å². The minimum atomic E-state index is -0.320. The third-order valence-electron chi connectivity index (χ3n) is 2.75. The Morgan fingerprint density at radius 3 is 2.61 bits per heavy atom. The lowest BCUT2D eigenvalue weighted by Gasteiger charge is -2.09. The second kappa shape index (κ2) is 8.58. The maximum atomic E-state index is 11.6. The van der Waals surface area contributed by atoms with E-state index in [1.165, 1.54) is 0 Å². The SMILES string of the molecule is CC(C)Oc1cccc(C=NNC(=O)COc2ccccc2)c1. The van der Waals surface area contributed by atoms with Crippen LogP contribution in [0.1, 0.15) is 19.4 Å². The second-order valence-corrected chi connectivity index (χ2v) is 5.13. The van der Waals surface area contributed by atoms with Gasteiger partial charge >= 0.3 is 0 Å². The van der Waals surface area contributed by atoms with Crippen LogP contribution in [-0.2, 0) is 4.79 Å². The molecule has 0 aliphatic rings. The van der Waals surface area contributed by atoms with E-state index in [-0.39, 0.29) is 18.6 Å². The summed E-state index contributed by atoms with van der Waals surface area (Å²) in [6, 6.07) is 16.6. The molecule has 2 aromatic rings. The van der Waals surface area contributed by atoms with Gasteiger partial charge < -0.3 is 9.47 Å². The van der Waals surface area contributed by atoms with Gasteiger partial charge in [-0.1, -0.05) is 30.3 Å². The summed E-state index contributed by atoms with van der Waals surface area (Å²) in [6.07, 6.45) is 1.67. The van der Waals surface area contributed by atoms with Crippen LogP contribution in [0.15, 0.2) is 59.7 Å². The molecule has 0 saturated carbocycles. The molecule has 0 unspecified atom stereocenters. The quantitative estimate of drug-likeness (QED) is 0.631. The van der Waals surface area contributed by atoms with Gasteiger partial charge in [0.25, 0.3) is 5.91 Å². The van der Waals surface area contributed by atoms with Crippen LogP contribution in [0.25, 0.3) is 0 Å². The maximum absolute atomic E-state index is 11.6. The first-order chi connectivity index (χ1) is 11.1. The molecule has 0 bridgehead atoms. The number of hydrazone groups is 1. The Kier molecular flexibility index (Phi) is 6.17. The Morgan fingerprint density at radius 2 is 1.87 bits per heavy atom. The molecule has 2 rings (SSSR count). The van der Waals surface area contributed by atoms with Gasteiger partial charge in [-0.15, -0.1) is 0 Å². The van der Waals surface area contributed by atoms with E-state index in [4.69, 9.17) is 9.47 Å². The molecule has 0 fully saturated rings. The molecule has 1 N–H and O–H groups in total. The second-order valence-electron chi connectivity index (χ2n) is 5.13. The number of rotatable bonds is 7. The normalized spacial score (nSPS) is 10.7. The maximum Gasteiger partial charge on any atom is 0.277 e. The van der Waals surface area contributed by atoms with Crippen LogP contribution >= 0.6 is 0 Å². The molecule has 0 spiro atoms. The van der Waals surface area contributed by atoms with Crippen LogP contribution in [-0.4, -0.2) is 24.8 Å². The van der Waals surface area contributed by atoms with Crippen LogP contribution in [0, 0.1) is 0 Å². The first-order valence-corrected chi connectivity index (χ1v) is 7.40. The van der Waals surface area contributed by atoms with E-state index < -0.39 is 0 Å².